The Hall–Kier alpha value is -2.40. The van der Waals surface area contributed by atoms with Gasteiger partial charge in [0.1, 0.15) is 5.01 Å². The van der Waals surface area contributed by atoms with Crippen molar-refractivity contribution >= 4 is 38.3 Å². The van der Waals surface area contributed by atoms with Gasteiger partial charge >= 0.3 is 0 Å². The molecule has 98 valence electrons. The van der Waals surface area contributed by atoms with Crippen LogP contribution in [0.3, 0.4) is 0 Å². The second kappa shape index (κ2) is 4.31. The number of benzene rings is 2. The van der Waals surface area contributed by atoms with Crippen molar-refractivity contribution in [2.75, 3.05) is 5.73 Å². The topological polar surface area (TPSA) is 56.7 Å². The van der Waals surface area contributed by atoms with Crippen LogP contribution in [0.4, 0.5) is 5.13 Å². The quantitative estimate of drug-likeness (QED) is 0.613. The van der Waals surface area contributed by atoms with Gasteiger partial charge in [0.05, 0.1) is 6.54 Å². The number of nitrogens with zero attached hydrogens (tertiary/aromatic N) is 3. The Bertz CT molecular complexity index is 853. The van der Waals surface area contributed by atoms with E-state index in [9.17, 15) is 0 Å². The summed E-state index contributed by atoms with van der Waals surface area (Å²) in [6, 6.07) is 16.9. The molecule has 0 aliphatic carbocycles. The SMILES string of the molecule is Nc1nnc(Cn2c3ccccc3c3ccccc32)s1. The maximum Gasteiger partial charge on any atom is 0.203 e. The van der Waals surface area contributed by atoms with Crippen LogP contribution >= 0.6 is 11.3 Å². The number of rotatable bonds is 2. The van der Waals surface area contributed by atoms with Crippen molar-refractivity contribution in [3.05, 3.63) is 53.5 Å². The molecule has 2 aromatic carbocycles. The minimum atomic E-state index is 0.515. The van der Waals surface area contributed by atoms with E-state index in [4.69, 9.17) is 5.73 Å². The molecular formula is C15H12N4S. The number of hydrogen-bond acceptors (Lipinski definition) is 4. The molecular weight excluding hydrogens is 268 g/mol. The average molecular weight is 280 g/mol. The zero-order valence-electron chi connectivity index (χ0n) is 10.7. The Morgan fingerprint density at radius 2 is 1.50 bits per heavy atom. The van der Waals surface area contributed by atoms with Crippen LogP contribution in [0.15, 0.2) is 48.5 Å². The molecule has 0 atom stereocenters. The maximum absolute atomic E-state index is 5.67. The Morgan fingerprint density at radius 3 is 2.05 bits per heavy atom. The van der Waals surface area contributed by atoms with Gasteiger partial charge in [-0.25, -0.2) is 0 Å². The van der Waals surface area contributed by atoms with Gasteiger partial charge in [0.15, 0.2) is 0 Å². The molecule has 0 radical (unpaired) electrons. The lowest BCUT2D eigenvalue weighted by Gasteiger charge is -2.04. The van der Waals surface area contributed by atoms with E-state index in [1.807, 2.05) is 0 Å². The number of nitrogens with two attached hydrogens (primary N) is 1. The Labute approximate surface area is 119 Å². The molecule has 0 fully saturated rings. The van der Waals surface area contributed by atoms with Gasteiger partial charge in [-0.3, -0.25) is 0 Å². The third-order valence-electron chi connectivity index (χ3n) is 3.46. The first-order chi connectivity index (χ1) is 9.83. The van der Waals surface area contributed by atoms with Gasteiger partial charge < -0.3 is 10.3 Å². The monoisotopic (exact) mass is 280 g/mol. The van der Waals surface area contributed by atoms with E-state index in [1.165, 1.54) is 33.1 Å². The van der Waals surface area contributed by atoms with E-state index in [0.29, 0.717) is 11.7 Å². The van der Waals surface area contributed by atoms with Gasteiger partial charge in [0.25, 0.3) is 0 Å². The molecule has 4 aromatic rings. The molecule has 0 saturated heterocycles. The highest BCUT2D eigenvalue weighted by Gasteiger charge is 2.11. The van der Waals surface area contributed by atoms with Crippen molar-refractivity contribution in [1.82, 2.24) is 14.8 Å². The van der Waals surface area contributed by atoms with Crippen LogP contribution in [0.2, 0.25) is 0 Å². The molecule has 2 N–H and O–H groups in total. The fourth-order valence-corrected chi connectivity index (χ4v) is 3.24. The van der Waals surface area contributed by atoms with Crippen LogP contribution < -0.4 is 5.73 Å². The maximum atomic E-state index is 5.67. The molecule has 0 spiro atoms. The highest BCUT2D eigenvalue weighted by Crippen LogP contribution is 2.29. The summed E-state index contributed by atoms with van der Waals surface area (Å²) in [7, 11) is 0. The van der Waals surface area contributed by atoms with E-state index in [1.54, 1.807) is 0 Å². The van der Waals surface area contributed by atoms with E-state index in [2.05, 4.69) is 63.3 Å². The van der Waals surface area contributed by atoms with Gasteiger partial charge in [0.2, 0.25) is 5.13 Å². The zero-order chi connectivity index (χ0) is 13.5. The summed E-state index contributed by atoms with van der Waals surface area (Å²) in [5, 5.41) is 12.0. The lowest BCUT2D eigenvalue weighted by Crippen LogP contribution is -1.98. The van der Waals surface area contributed by atoms with Gasteiger partial charge in [-0.15, -0.1) is 10.2 Å². The fourth-order valence-electron chi connectivity index (χ4n) is 2.64. The molecule has 20 heavy (non-hydrogen) atoms. The summed E-state index contributed by atoms with van der Waals surface area (Å²) in [5.74, 6) is 0. The third-order valence-corrected chi connectivity index (χ3v) is 4.19. The van der Waals surface area contributed by atoms with Crippen molar-refractivity contribution in [3.63, 3.8) is 0 Å². The van der Waals surface area contributed by atoms with Crippen LogP contribution in [-0.4, -0.2) is 14.8 Å². The number of para-hydroxylation sites is 2. The minimum absolute atomic E-state index is 0.515. The third kappa shape index (κ3) is 1.67. The zero-order valence-corrected chi connectivity index (χ0v) is 11.5. The van der Waals surface area contributed by atoms with Gasteiger partial charge in [-0.2, -0.15) is 0 Å². The molecule has 5 heteroatoms. The highest BCUT2D eigenvalue weighted by molar-refractivity contribution is 7.15. The number of fused-ring (bicyclic) bond motifs is 3. The number of aromatic nitrogens is 3. The Morgan fingerprint density at radius 1 is 0.900 bits per heavy atom. The van der Waals surface area contributed by atoms with Crippen molar-refractivity contribution in [3.8, 4) is 0 Å². The van der Waals surface area contributed by atoms with Gasteiger partial charge in [0, 0.05) is 21.8 Å². The summed E-state index contributed by atoms with van der Waals surface area (Å²) in [6.45, 7) is 0.697. The molecule has 2 heterocycles. The molecule has 4 rings (SSSR count). The first-order valence-electron chi connectivity index (χ1n) is 6.37. The van der Waals surface area contributed by atoms with E-state index in [0.717, 1.165) is 5.01 Å². The molecule has 0 amide bonds. The van der Waals surface area contributed by atoms with Crippen molar-refractivity contribution in [2.24, 2.45) is 0 Å². The van der Waals surface area contributed by atoms with E-state index in [-0.39, 0.29) is 0 Å². The number of nitrogen functional groups attached to an aromatic ring is 1. The predicted molar refractivity (Wildman–Crippen MR) is 82.9 cm³/mol. The fraction of sp³-hybridized carbons (Fsp3) is 0.0667. The summed E-state index contributed by atoms with van der Waals surface area (Å²) in [5.41, 5.74) is 8.09. The molecule has 0 bridgehead atoms. The lowest BCUT2D eigenvalue weighted by molar-refractivity contribution is 0.836. The highest BCUT2D eigenvalue weighted by atomic mass is 32.1. The first-order valence-corrected chi connectivity index (χ1v) is 7.18. The summed E-state index contributed by atoms with van der Waals surface area (Å²) in [4.78, 5) is 0. The standard InChI is InChI=1S/C15H12N4S/c16-15-18-17-14(20-15)9-19-12-7-3-1-5-10(12)11-6-2-4-8-13(11)19/h1-8H,9H2,(H2,16,18). The molecule has 0 saturated carbocycles. The second-order valence-corrected chi connectivity index (χ2v) is 5.75. The molecule has 0 aliphatic heterocycles. The average Bonchev–Trinajstić information content (AvgIpc) is 3.03. The lowest BCUT2D eigenvalue weighted by atomic mass is 10.2. The van der Waals surface area contributed by atoms with Crippen LogP contribution in [0.5, 0.6) is 0 Å². The van der Waals surface area contributed by atoms with Crippen LogP contribution in [0, 0.1) is 0 Å². The van der Waals surface area contributed by atoms with Crippen LogP contribution in [0.1, 0.15) is 5.01 Å². The largest absolute Gasteiger partial charge is 0.374 e. The normalized spacial score (nSPS) is 11.4. The first kappa shape index (κ1) is 11.4. The Balaban J connectivity index is 2.00. The minimum Gasteiger partial charge on any atom is -0.374 e. The van der Waals surface area contributed by atoms with E-state index >= 15 is 0 Å². The van der Waals surface area contributed by atoms with Crippen molar-refractivity contribution < 1.29 is 0 Å². The molecule has 0 aliphatic rings. The molecule has 0 unspecified atom stereocenters. The smallest absolute Gasteiger partial charge is 0.203 e. The van der Waals surface area contributed by atoms with Crippen molar-refractivity contribution in [2.45, 2.75) is 6.54 Å². The predicted octanol–water partition coefficient (Wildman–Crippen LogP) is 3.28. The van der Waals surface area contributed by atoms with Crippen LogP contribution in [0.25, 0.3) is 21.8 Å². The number of hydrogen-bond donors (Lipinski definition) is 1. The second-order valence-electron chi connectivity index (χ2n) is 4.65. The summed E-state index contributed by atoms with van der Waals surface area (Å²) in [6.07, 6.45) is 0. The van der Waals surface area contributed by atoms with E-state index < -0.39 is 0 Å². The Kier molecular flexibility index (Phi) is 2.47. The van der Waals surface area contributed by atoms with Crippen LogP contribution in [-0.2, 0) is 6.54 Å². The molecule has 4 nitrogen and oxygen atoms in total. The summed E-state index contributed by atoms with van der Waals surface area (Å²) < 4.78 is 2.27. The molecule has 2 aromatic heterocycles. The van der Waals surface area contributed by atoms with Gasteiger partial charge in [-0.05, 0) is 12.1 Å². The summed E-state index contributed by atoms with van der Waals surface area (Å²) >= 11 is 1.44. The van der Waals surface area contributed by atoms with Crippen molar-refractivity contribution in [1.29, 1.82) is 0 Å². The van der Waals surface area contributed by atoms with Gasteiger partial charge in [-0.1, -0.05) is 47.7 Å². The number of anilines is 1.